The zero-order valence-corrected chi connectivity index (χ0v) is 23.5. The van der Waals surface area contributed by atoms with Crippen molar-refractivity contribution < 1.29 is 13.3 Å². The van der Waals surface area contributed by atoms with Gasteiger partial charge in [0.05, 0.1) is 23.2 Å². The van der Waals surface area contributed by atoms with Gasteiger partial charge in [-0.05, 0) is 67.1 Å². The lowest BCUT2D eigenvalue weighted by Gasteiger charge is -2.34. The Morgan fingerprint density at radius 2 is 1.73 bits per heavy atom. The van der Waals surface area contributed by atoms with Crippen LogP contribution in [0.5, 0.6) is 0 Å². The molecule has 210 valence electrons. The van der Waals surface area contributed by atoms with Crippen molar-refractivity contribution in [1.29, 1.82) is 0 Å². The van der Waals surface area contributed by atoms with Crippen molar-refractivity contribution in [3.63, 3.8) is 0 Å². The SMILES string of the molecule is Cc1cc(F)cc(Cc2nc(-c3cn(Cc4ccc(Cl)cc4)c4cc(N5CCN(C)CC5)c(F)cc4c3=O)no2)c1. The monoisotopic (exact) mass is 575 g/mol. The second kappa shape index (κ2) is 11.1. The van der Waals surface area contributed by atoms with E-state index < -0.39 is 11.2 Å². The molecule has 0 amide bonds. The highest BCUT2D eigenvalue weighted by molar-refractivity contribution is 6.30. The van der Waals surface area contributed by atoms with E-state index in [2.05, 4.69) is 15.0 Å². The summed E-state index contributed by atoms with van der Waals surface area (Å²) in [7, 11) is 2.04. The summed E-state index contributed by atoms with van der Waals surface area (Å²) < 4.78 is 36.8. The average molecular weight is 576 g/mol. The Balaban J connectivity index is 1.44. The van der Waals surface area contributed by atoms with E-state index in [1.807, 2.05) is 34.7 Å². The van der Waals surface area contributed by atoms with Gasteiger partial charge in [-0.1, -0.05) is 35.0 Å². The van der Waals surface area contributed by atoms with Crippen molar-refractivity contribution in [2.45, 2.75) is 19.9 Å². The molecule has 3 aromatic carbocycles. The van der Waals surface area contributed by atoms with Crippen molar-refractivity contribution in [2.75, 3.05) is 38.1 Å². The van der Waals surface area contributed by atoms with E-state index in [0.717, 1.165) is 24.2 Å². The highest BCUT2D eigenvalue weighted by atomic mass is 35.5. The van der Waals surface area contributed by atoms with Crippen LogP contribution < -0.4 is 10.3 Å². The molecule has 0 unspecified atom stereocenters. The number of benzene rings is 3. The van der Waals surface area contributed by atoms with Crippen LogP contribution in [-0.2, 0) is 13.0 Å². The fraction of sp³-hybridized carbons (Fsp3) is 0.258. The minimum Gasteiger partial charge on any atom is -0.367 e. The number of anilines is 1. The van der Waals surface area contributed by atoms with E-state index >= 15 is 4.39 Å². The normalized spacial score (nSPS) is 14.2. The highest BCUT2D eigenvalue weighted by Gasteiger charge is 2.22. The first-order valence-corrected chi connectivity index (χ1v) is 13.7. The third kappa shape index (κ3) is 5.73. The molecule has 1 aliphatic rings. The Kier molecular flexibility index (Phi) is 7.32. The Hall–Kier alpha value is -4.08. The van der Waals surface area contributed by atoms with E-state index in [1.165, 1.54) is 18.2 Å². The number of aromatic nitrogens is 3. The van der Waals surface area contributed by atoms with Gasteiger partial charge in [-0.3, -0.25) is 4.79 Å². The molecule has 5 aromatic rings. The van der Waals surface area contributed by atoms with Crippen LogP contribution in [0.1, 0.15) is 22.6 Å². The molecular formula is C31H28ClF2N5O2. The lowest BCUT2D eigenvalue weighted by Crippen LogP contribution is -2.44. The van der Waals surface area contributed by atoms with Crippen molar-refractivity contribution in [2.24, 2.45) is 0 Å². The maximum absolute atomic E-state index is 15.5. The number of rotatable bonds is 6. The summed E-state index contributed by atoms with van der Waals surface area (Å²) in [5, 5.41) is 4.90. The number of nitrogens with zero attached hydrogens (tertiary/aromatic N) is 5. The second-order valence-electron chi connectivity index (χ2n) is 10.6. The molecule has 0 N–H and O–H groups in total. The summed E-state index contributed by atoms with van der Waals surface area (Å²) in [6, 6.07) is 15.2. The topological polar surface area (TPSA) is 67.4 Å². The maximum atomic E-state index is 15.5. The van der Waals surface area contributed by atoms with Crippen molar-refractivity contribution in [3.8, 4) is 11.4 Å². The Morgan fingerprint density at radius 3 is 2.46 bits per heavy atom. The van der Waals surface area contributed by atoms with Crippen LogP contribution in [-0.4, -0.2) is 52.8 Å². The summed E-state index contributed by atoms with van der Waals surface area (Å²) in [5.41, 5.74) is 3.25. The van der Waals surface area contributed by atoms with E-state index in [9.17, 15) is 9.18 Å². The van der Waals surface area contributed by atoms with E-state index in [1.54, 1.807) is 31.3 Å². The van der Waals surface area contributed by atoms with Crippen LogP contribution >= 0.6 is 11.6 Å². The molecule has 6 rings (SSSR count). The van der Waals surface area contributed by atoms with Gasteiger partial charge < -0.3 is 18.9 Å². The third-order valence-corrected chi connectivity index (χ3v) is 7.68. The van der Waals surface area contributed by atoms with Crippen molar-refractivity contribution >= 4 is 28.2 Å². The number of piperazine rings is 1. The minimum absolute atomic E-state index is 0.0911. The number of hydrogen-bond donors (Lipinski definition) is 0. The van der Waals surface area contributed by atoms with E-state index in [4.69, 9.17) is 16.1 Å². The van der Waals surface area contributed by atoms with Crippen LogP contribution in [0.2, 0.25) is 5.02 Å². The van der Waals surface area contributed by atoms with Crippen LogP contribution in [0.3, 0.4) is 0 Å². The number of aryl methyl sites for hydroxylation is 1. The molecule has 0 aliphatic carbocycles. The summed E-state index contributed by atoms with van der Waals surface area (Å²) in [6.07, 6.45) is 1.90. The maximum Gasteiger partial charge on any atom is 0.231 e. The number of hydrogen-bond acceptors (Lipinski definition) is 6. The van der Waals surface area contributed by atoms with Crippen molar-refractivity contribution in [3.05, 3.63) is 110 Å². The molecule has 0 bridgehead atoms. The molecule has 1 saturated heterocycles. The molecule has 0 atom stereocenters. The predicted molar refractivity (Wildman–Crippen MR) is 156 cm³/mol. The zero-order chi connectivity index (χ0) is 28.7. The van der Waals surface area contributed by atoms with Gasteiger partial charge in [-0.15, -0.1) is 0 Å². The summed E-state index contributed by atoms with van der Waals surface area (Å²) in [4.78, 5) is 22.4. The van der Waals surface area contributed by atoms with Gasteiger partial charge in [0, 0.05) is 49.3 Å². The molecule has 1 aliphatic heterocycles. The average Bonchev–Trinajstić information content (AvgIpc) is 3.39. The fourth-order valence-corrected chi connectivity index (χ4v) is 5.42. The summed E-state index contributed by atoms with van der Waals surface area (Å²) in [5.74, 6) is -0.472. The molecule has 2 aromatic heterocycles. The van der Waals surface area contributed by atoms with Crippen LogP contribution in [0.25, 0.3) is 22.3 Å². The molecule has 7 nitrogen and oxygen atoms in total. The number of pyridine rings is 1. The van der Waals surface area contributed by atoms with E-state index in [0.29, 0.717) is 41.4 Å². The van der Waals surface area contributed by atoms with Gasteiger partial charge in [0.1, 0.15) is 11.6 Å². The first kappa shape index (κ1) is 27.1. The summed E-state index contributed by atoms with van der Waals surface area (Å²) >= 11 is 6.10. The van der Waals surface area contributed by atoms with Crippen LogP contribution in [0.15, 0.2) is 70.1 Å². The lowest BCUT2D eigenvalue weighted by atomic mass is 10.1. The molecule has 0 saturated carbocycles. The third-order valence-electron chi connectivity index (χ3n) is 7.43. The number of likely N-dealkylation sites (N-methyl/N-ethyl adjacent to an activating group) is 1. The minimum atomic E-state index is -0.454. The Bertz CT molecular complexity index is 1770. The molecule has 10 heteroatoms. The molecule has 1 fully saturated rings. The van der Waals surface area contributed by atoms with Gasteiger partial charge in [0.25, 0.3) is 0 Å². The quantitative estimate of drug-likeness (QED) is 0.259. The van der Waals surface area contributed by atoms with Gasteiger partial charge in [0.2, 0.25) is 17.1 Å². The molecule has 3 heterocycles. The highest BCUT2D eigenvalue weighted by Crippen LogP contribution is 2.28. The van der Waals surface area contributed by atoms with Crippen LogP contribution in [0, 0.1) is 18.6 Å². The Labute approximate surface area is 240 Å². The molecule has 0 radical (unpaired) electrons. The molecular weight excluding hydrogens is 548 g/mol. The standard InChI is InChI=1S/C31H28ClF2N5O2/c1-19-11-21(13-23(33)12-19)14-29-35-31(36-41-29)25-18-39(17-20-3-5-22(32)6-4-20)27-16-28(26(34)15-24(27)30(25)40)38-9-7-37(2)8-10-38/h3-6,11-13,15-16,18H,7-10,14,17H2,1-2H3. The molecule has 41 heavy (non-hydrogen) atoms. The molecule has 0 spiro atoms. The number of halogens is 3. The first-order valence-electron chi connectivity index (χ1n) is 13.4. The van der Waals surface area contributed by atoms with Crippen LogP contribution in [0.4, 0.5) is 14.5 Å². The van der Waals surface area contributed by atoms with Gasteiger partial charge in [-0.2, -0.15) is 4.98 Å². The lowest BCUT2D eigenvalue weighted by molar-refractivity contribution is 0.312. The fourth-order valence-electron chi connectivity index (χ4n) is 5.29. The summed E-state index contributed by atoms with van der Waals surface area (Å²) in [6.45, 7) is 5.23. The van der Waals surface area contributed by atoms with Gasteiger partial charge in [0.15, 0.2) is 0 Å². The second-order valence-corrected chi connectivity index (χ2v) is 11.0. The van der Waals surface area contributed by atoms with Crippen molar-refractivity contribution in [1.82, 2.24) is 19.6 Å². The largest absolute Gasteiger partial charge is 0.367 e. The zero-order valence-electron chi connectivity index (χ0n) is 22.7. The smallest absolute Gasteiger partial charge is 0.231 e. The van der Waals surface area contributed by atoms with Gasteiger partial charge in [-0.25, -0.2) is 8.78 Å². The van der Waals surface area contributed by atoms with E-state index in [-0.39, 0.29) is 34.9 Å². The van der Waals surface area contributed by atoms with Gasteiger partial charge >= 0.3 is 0 Å². The first-order chi connectivity index (χ1) is 19.7. The Morgan fingerprint density at radius 1 is 0.976 bits per heavy atom. The predicted octanol–water partition coefficient (Wildman–Crippen LogP) is 5.68. The number of fused-ring (bicyclic) bond motifs is 1.